The van der Waals surface area contributed by atoms with E-state index in [1.165, 1.54) is 0 Å². The number of hydrogen-bond acceptors (Lipinski definition) is 2. The summed E-state index contributed by atoms with van der Waals surface area (Å²) in [5, 5.41) is 0. The molecule has 1 aromatic rings. The Morgan fingerprint density at radius 1 is 1.12 bits per heavy atom. The predicted octanol–water partition coefficient (Wildman–Crippen LogP) is 1.27. The zero-order valence-corrected chi connectivity index (χ0v) is 9.73. The van der Waals surface area contributed by atoms with Crippen molar-refractivity contribution in [3.8, 4) is 0 Å². The second kappa shape index (κ2) is 4.79. The average Bonchev–Trinajstić information content (AvgIpc) is 2.27. The molecule has 0 fully saturated rings. The number of primary amides is 1. The Morgan fingerprint density at radius 3 is 1.94 bits per heavy atom. The topological polar surface area (TPSA) is 63.4 Å². The van der Waals surface area contributed by atoms with Crippen LogP contribution in [0.3, 0.4) is 0 Å². The van der Waals surface area contributed by atoms with Crippen LogP contribution in [0.1, 0.15) is 34.6 Å². The first kappa shape index (κ1) is 12.2. The lowest BCUT2D eigenvalue weighted by molar-refractivity contribution is 0.0754. The van der Waals surface area contributed by atoms with Crippen LogP contribution in [0.15, 0.2) is 24.3 Å². The predicted molar refractivity (Wildman–Crippen MR) is 62.2 cm³/mol. The maximum absolute atomic E-state index is 11.9. The molecule has 2 amide bonds. The van der Waals surface area contributed by atoms with Crippen molar-refractivity contribution in [2.45, 2.75) is 19.9 Å². The van der Waals surface area contributed by atoms with Crippen LogP contribution in [0.2, 0.25) is 0 Å². The van der Waals surface area contributed by atoms with Gasteiger partial charge in [0.1, 0.15) is 0 Å². The average molecular weight is 220 g/mol. The second-order valence-corrected chi connectivity index (χ2v) is 3.95. The van der Waals surface area contributed by atoms with Gasteiger partial charge < -0.3 is 10.6 Å². The van der Waals surface area contributed by atoms with Crippen LogP contribution in [-0.2, 0) is 0 Å². The molecule has 1 aromatic carbocycles. The summed E-state index contributed by atoms with van der Waals surface area (Å²) in [4.78, 5) is 24.4. The number of carbonyl (C=O) groups is 2. The molecule has 0 aliphatic rings. The summed E-state index contributed by atoms with van der Waals surface area (Å²) in [5.41, 5.74) is 6.08. The summed E-state index contributed by atoms with van der Waals surface area (Å²) in [6.45, 7) is 3.88. The Hall–Kier alpha value is -1.84. The normalized spacial score (nSPS) is 10.2. The number of amides is 2. The van der Waals surface area contributed by atoms with E-state index in [2.05, 4.69) is 0 Å². The minimum Gasteiger partial charge on any atom is -0.366 e. The molecule has 4 nitrogen and oxygen atoms in total. The monoisotopic (exact) mass is 220 g/mol. The van der Waals surface area contributed by atoms with E-state index in [4.69, 9.17) is 5.73 Å². The standard InChI is InChI=1S/C12H16N2O2/c1-8(2)14(3)12(16)10-6-4-9(5-7-10)11(13)15/h4-8H,1-3H3,(H2,13,15). The first-order chi connectivity index (χ1) is 7.43. The summed E-state index contributed by atoms with van der Waals surface area (Å²) in [6.07, 6.45) is 0. The van der Waals surface area contributed by atoms with Crippen LogP contribution < -0.4 is 5.73 Å². The number of rotatable bonds is 3. The van der Waals surface area contributed by atoms with Crippen molar-refractivity contribution in [3.05, 3.63) is 35.4 Å². The molecule has 0 aliphatic heterocycles. The van der Waals surface area contributed by atoms with Crippen molar-refractivity contribution in [2.75, 3.05) is 7.05 Å². The van der Waals surface area contributed by atoms with Gasteiger partial charge in [0.2, 0.25) is 5.91 Å². The van der Waals surface area contributed by atoms with Crippen molar-refractivity contribution in [1.29, 1.82) is 0 Å². The number of nitrogens with zero attached hydrogens (tertiary/aromatic N) is 1. The number of benzene rings is 1. The molecule has 0 saturated carbocycles. The highest BCUT2D eigenvalue weighted by molar-refractivity contribution is 5.97. The Balaban J connectivity index is 2.90. The van der Waals surface area contributed by atoms with E-state index in [0.29, 0.717) is 11.1 Å². The second-order valence-electron chi connectivity index (χ2n) is 3.95. The molecule has 0 bridgehead atoms. The minimum atomic E-state index is -0.490. The first-order valence-corrected chi connectivity index (χ1v) is 5.10. The number of hydrogen-bond donors (Lipinski definition) is 1. The molecule has 0 heterocycles. The van der Waals surface area contributed by atoms with Gasteiger partial charge in [0.05, 0.1) is 0 Å². The molecule has 0 aliphatic carbocycles. The van der Waals surface area contributed by atoms with E-state index < -0.39 is 5.91 Å². The van der Waals surface area contributed by atoms with E-state index in [-0.39, 0.29) is 11.9 Å². The van der Waals surface area contributed by atoms with Gasteiger partial charge >= 0.3 is 0 Å². The molecule has 0 radical (unpaired) electrons. The van der Waals surface area contributed by atoms with Crippen LogP contribution in [0, 0.1) is 0 Å². The summed E-state index contributed by atoms with van der Waals surface area (Å²) >= 11 is 0. The summed E-state index contributed by atoms with van der Waals surface area (Å²) in [7, 11) is 1.75. The van der Waals surface area contributed by atoms with Crippen LogP contribution in [-0.4, -0.2) is 29.8 Å². The van der Waals surface area contributed by atoms with Gasteiger partial charge in [-0.25, -0.2) is 0 Å². The van der Waals surface area contributed by atoms with Gasteiger partial charge in [0.25, 0.3) is 5.91 Å². The molecule has 16 heavy (non-hydrogen) atoms. The van der Waals surface area contributed by atoms with Crippen LogP contribution in [0.25, 0.3) is 0 Å². The maximum Gasteiger partial charge on any atom is 0.253 e. The maximum atomic E-state index is 11.9. The molecular weight excluding hydrogens is 204 g/mol. The molecule has 1 rings (SSSR count). The van der Waals surface area contributed by atoms with Gasteiger partial charge in [-0.1, -0.05) is 0 Å². The molecule has 2 N–H and O–H groups in total. The van der Waals surface area contributed by atoms with Crippen molar-refractivity contribution in [1.82, 2.24) is 4.90 Å². The van der Waals surface area contributed by atoms with Crippen LogP contribution in [0.4, 0.5) is 0 Å². The number of carbonyl (C=O) groups excluding carboxylic acids is 2. The third kappa shape index (κ3) is 2.59. The molecule has 0 atom stereocenters. The minimum absolute atomic E-state index is 0.0639. The van der Waals surface area contributed by atoms with Crippen LogP contribution >= 0.6 is 0 Å². The van der Waals surface area contributed by atoms with Gasteiger partial charge in [-0.2, -0.15) is 0 Å². The lowest BCUT2D eigenvalue weighted by Gasteiger charge is -2.21. The van der Waals surface area contributed by atoms with E-state index in [1.807, 2.05) is 13.8 Å². The van der Waals surface area contributed by atoms with Gasteiger partial charge in [0, 0.05) is 24.2 Å². The third-order valence-corrected chi connectivity index (χ3v) is 2.51. The molecule has 0 aromatic heterocycles. The zero-order chi connectivity index (χ0) is 12.3. The number of nitrogens with two attached hydrogens (primary N) is 1. The highest BCUT2D eigenvalue weighted by Gasteiger charge is 2.14. The van der Waals surface area contributed by atoms with Crippen molar-refractivity contribution in [2.24, 2.45) is 5.73 Å². The highest BCUT2D eigenvalue weighted by atomic mass is 16.2. The van der Waals surface area contributed by atoms with E-state index in [9.17, 15) is 9.59 Å². The van der Waals surface area contributed by atoms with Crippen molar-refractivity contribution in [3.63, 3.8) is 0 Å². The SMILES string of the molecule is CC(C)N(C)C(=O)c1ccc(C(N)=O)cc1. The van der Waals surface area contributed by atoms with Crippen molar-refractivity contribution < 1.29 is 9.59 Å². The zero-order valence-electron chi connectivity index (χ0n) is 9.73. The van der Waals surface area contributed by atoms with E-state index in [1.54, 1.807) is 36.2 Å². The molecule has 86 valence electrons. The van der Waals surface area contributed by atoms with Crippen LogP contribution in [0.5, 0.6) is 0 Å². The fraction of sp³-hybridized carbons (Fsp3) is 0.333. The lowest BCUT2D eigenvalue weighted by atomic mass is 10.1. The molecular formula is C12H16N2O2. The Morgan fingerprint density at radius 2 is 1.56 bits per heavy atom. The van der Waals surface area contributed by atoms with E-state index in [0.717, 1.165) is 0 Å². The lowest BCUT2D eigenvalue weighted by Crippen LogP contribution is -2.32. The summed E-state index contributed by atoms with van der Waals surface area (Å²) < 4.78 is 0. The smallest absolute Gasteiger partial charge is 0.253 e. The quantitative estimate of drug-likeness (QED) is 0.833. The fourth-order valence-corrected chi connectivity index (χ4v) is 1.22. The largest absolute Gasteiger partial charge is 0.366 e. The Kier molecular flexibility index (Phi) is 3.66. The molecule has 0 saturated heterocycles. The Bertz CT molecular complexity index is 396. The Labute approximate surface area is 95.0 Å². The highest BCUT2D eigenvalue weighted by Crippen LogP contribution is 2.08. The summed E-state index contributed by atoms with van der Waals surface area (Å²) in [6, 6.07) is 6.49. The van der Waals surface area contributed by atoms with E-state index >= 15 is 0 Å². The van der Waals surface area contributed by atoms with Gasteiger partial charge in [-0.05, 0) is 38.1 Å². The van der Waals surface area contributed by atoms with Gasteiger partial charge in [-0.3, -0.25) is 9.59 Å². The summed E-state index contributed by atoms with van der Waals surface area (Å²) in [5.74, 6) is -0.553. The molecule has 0 unspecified atom stereocenters. The van der Waals surface area contributed by atoms with Gasteiger partial charge in [-0.15, -0.1) is 0 Å². The van der Waals surface area contributed by atoms with Crippen molar-refractivity contribution >= 4 is 11.8 Å². The van der Waals surface area contributed by atoms with Gasteiger partial charge in [0.15, 0.2) is 0 Å². The fourth-order valence-electron chi connectivity index (χ4n) is 1.22. The first-order valence-electron chi connectivity index (χ1n) is 5.10. The molecule has 0 spiro atoms. The third-order valence-electron chi connectivity index (χ3n) is 2.51. The molecule has 4 heteroatoms.